The SMILES string of the molecule is C=C/N=C\C=C(N)N. The predicted octanol–water partition coefficient (Wildman–Crippen LogP) is -0.0405. The minimum atomic E-state index is 0.246. The van der Waals surface area contributed by atoms with Crippen molar-refractivity contribution < 1.29 is 0 Å². The van der Waals surface area contributed by atoms with E-state index in [1.807, 2.05) is 0 Å². The minimum Gasteiger partial charge on any atom is -0.386 e. The average Bonchev–Trinajstić information content (AvgIpc) is 1.66. The third-order valence-corrected chi connectivity index (χ3v) is 0.458. The van der Waals surface area contributed by atoms with Gasteiger partial charge in [-0.25, -0.2) is 0 Å². The molecule has 0 unspecified atom stereocenters. The zero-order valence-electron chi connectivity index (χ0n) is 4.54. The van der Waals surface area contributed by atoms with Crippen molar-refractivity contribution in [1.82, 2.24) is 0 Å². The fourth-order valence-electron chi connectivity index (χ4n) is 0.190. The Morgan fingerprint density at radius 3 is 2.50 bits per heavy atom. The molecule has 0 spiro atoms. The Hall–Kier alpha value is -1.25. The lowest BCUT2D eigenvalue weighted by Crippen LogP contribution is -2.07. The Balaban J connectivity index is 3.57. The lowest BCUT2D eigenvalue weighted by Gasteiger charge is -1.80. The molecule has 0 aromatic carbocycles. The molecule has 0 heterocycles. The van der Waals surface area contributed by atoms with E-state index >= 15 is 0 Å². The maximum absolute atomic E-state index is 5.05. The first-order valence-electron chi connectivity index (χ1n) is 2.12. The van der Waals surface area contributed by atoms with Gasteiger partial charge in [0.05, 0.1) is 5.82 Å². The molecule has 0 aliphatic carbocycles. The highest BCUT2D eigenvalue weighted by molar-refractivity contribution is 5.72. The first-order valence-corrected chi connectivity index (χ1v) is 2.12. The van der Waals surface area contributed by atoms with Gasteiger partial charge >= 0.3 is 0 Å². The zero-order chi connectivity index (χ0) is 6.41. The summed E-state index contributed by atoms with van der Waals surface area (Å²) in [7, 11) is 0. The topological polar surface area (TPSA) is 64.4 Å². The van der Waals surface area contributed by atoms with E-state index in [4.69, 9.17) is 11.5 Å². The van der Waals surface area contributed by atoms with Crippen LogP contribution in [0.25, 0.3) is 0 Å². The summed E-state index contributed by atoms with van der Waals surface area (Å²) < 4.78 is 0. The highest BCUT2D eigenvalue weighted by Crippen LogP contribution is 1.67. The highest BCUT2D eigenvalue weighted by atomic mass is 14.8. The number of nitrogens with two attached hydrogens (primary N) is 2. The average molecular weight is 111 g/mol. The van der Waals surface area contributed by atoms with Gasteiger partial charge < -0.3 is 11.5 Å². The van der Waals surface area contributed by atoms with Crippen LogP contribution in [0.15, 0.2) is 29.7 Å². The lowest BCUT2D eigenvalue weighted by molar-refractivity contribution is 1.26. The number of nitrogens with zero attached hydrogens (tertiary/aromatic N) is 1. The van der Waals surface area contributed by atoms with Crippen molar-refractivity contribution in [1.29, 1.82) is 0 Å². The van der Waals surface area contributed by atoms with Crippen LogP contribution < -0.4 is 11.5 Å². The van der Waals surface area contributed by atoms with Crippen molar-refractivity contribution in [2.24, 2.45) is 16.5 Å². The van der Waals surface area contributed by atoms with Gasteiger partial charge in [-0.1, -0.05) is 6.58 Å². The first kappa shape index (κ1) is 6.75. The van der Waals surface area contributed by atoms with Gasteiger partial charge in [-0.3, -0.25) is 4.99 Å². The van der Waals surface area contributed by atoms with Crippen LogP contribution in [0.2, 0.25) is 0 Å². The van der Waals surface area contributed by atoms with Gasteiger partial charge in [-0.2, -0.15) is 0 Å². The second kappa shape index (κ2) is 3.92. The lowest BCUT2D eigenvalue weighted by atomic mass is 10.6. The fraction of sp³-hybridized carbons (Fsp3) is 0. The van der Waals surface area contributed by atoms with Crippen molar-refractivity contribution in [3.63, 3.8) is 0 Å². The molecule has 0 amide bonds. The van der Waals surface area contributed by atoms with Crippen molar-refractivity contribution >= 4 is 6.21 Å². The molecule has 0 saturated carbocycles. The maximum Gasteiger partial charge on any atom is 0.0949 e. The minimum absolute atomic E-state index is 0.246. The van der Waals surface area contributed by atoms with Crippen LogP contribution in [0.5, 0.6) is 0 Å². The van der Waals surface area contributed by atoms with Crippen molar-refractivity contribution in [2.75, 3.05) is 0 Å². The number of allylic oxidation sites excluding steroid dienone is 1. The number of hydrogen-bond donors (Lipinski definition) is 2. The van der Waals surface area contributed by atoms with Gasteiger partial charge in [0.2, 0.25) is 0 Å². The van der Waals surface area contributed by atoms with E-state index in [0.717, 1.165) is 0 Å². The van der Waals surface area contributed by atoms with Gasteiger partial charge in [0.1, 0.15) is 0 Å². The summed E-state index contributed by atoms with van der Waals surface area (Å²) in [6, 6.07) is 0. The number of aliphatic imine (C=N–C) groups is 1. The summed E-state index contributed by atoms with van der Waals surface area (Å²) in [4.78, 5) is 3.61. The second-order valence-electron chi connectivity index (χ2n) is 1.15. The van der Waals surface area contributed by atoms with Crippen LogP contribution in [0, 0.1) is 0 Å². The van der Waals surface area contributed by atoms with Crippen LogP contribution in [0.1, 0.15) is 0 Å². The Labute approximate surface area is 48.4 Å². The van der Waals surface area contributed by atoms with Crippen molar-refractivity contribution in [3.05, 3.63) is 24.7 Å². The quantitative estimate of drug-likeness (QED) is 0.491. The van der Waals surface area contributed by atoms with E-state index in [9.17, 15) is 0 Å². The third-order valence-electron chi connectivity index (χ3n) is 0.458. The summed E-state index contributed by atoms with van der Waals surface area (Å²) >= 11 is 0. The van der Waals surface area contributed by atoms with E-state index < -0.39 is 0 Å². The normalized spacial score (nSPS) is 9.00. The molecule has 3 heteroatoms. The molecule has 0 bridgehead atoms. The highest BCUT2D eigenvalue weighted by Gasteiger charge is 1.67. The smallest absolute Gasteiger partial charge is 0.0949 e. The van der Waals surface area contributed by atoms with E-state index in [1.165, 1.54) is 18.5 Å². The second-order valence-corrected chi connectivity index (χ2v) is 1.15. The van der Waals surface area contributed by atoms with Gasteiger partial charge in [0.25, 0.3) is 0 Å². The van der Waals surface area contributed by atoms with Crippen LogP contribution in [-0.2, 0) is 0 Å². The van der Waals surface area contributed by atoms with Crippen LogP contribution in [-0.4, -0.2) is 6.21 Å². The number of rotatable bonds is 2. The summed E-state index contributed by atoms with van der Waals surface area (Å²) in [6.07, 6.45) is 4.36. The molecule has 0 radical (unpaired) electrons. The van der Waals surface area contributed by atoms with Crippen LogP contribution in [0.3, 0.4) is 0 Å². The van der Waals surface area contributed by atoms with Crippen molar-refractivity contribution in [3.8, 4) is 0 Å². The molecule has 4 N–H and O–H groups in total. The van der Waals surface area contributed by atoms with Gasteiger partial charge in [-0.05, 0) is 6.08 Å². The maximum atomic E-state index is 5.05. The Morgan fingerprint density at radius 1 is 1.50 bits per heavy atom. The molecule has 0 aliphatic heterocycles. The molecule has 44 valence electrons. The first-order chi connectivity index (χ1) is 3.77. The van der Waals surface area contributed by atoms with Crippen LogP contribution >= 0.6 is 0 Å². The molecular weight excluding hydrogens is 102 g/mol. The summed E-state index contributed by atoms with van der Waals surface area (Å²) in [5, 5.41) is 0. The fourth-order valence-corrected chi connectivity index (χ4v) is 0.190. The van der Waals surface area contributed by atoms with Gasteiger partial charge in [0.15, 0.2) is 0 Å². The van der Waals surface area contributed by atoms with E-state index in [2.05, 4.69) is 11.6 Å². The van der Waals surface area contributed by atoms with E-state index in [-0.39, 0.29) is 5.82 Å². The molecule has 0 atom stereocenters. The molecule has 0 rings (SSSR count). The largest absolute Gasteiger partial charge is 0.386 e. The molecule has 0 fully saturated rings. The Kier molecular flexibility index (Phi) is 3.31. The molecule has 0 saturated heterocycles. The molecule has 0 aromatic rings. The van der Waals surface area contributed by atoms with E-state index in [0.29, 0.717) is 0 Å². The van der Waals surface area contributed by atoms with E-state index in [1.54, 1.807) is 0 Å². The standard InChI is InChI=1S/C5H9N3/c1-2-8-4-3-5(6)7/h2-4H,1,6-7H2/b8-4-. The molecule has 3 nitrogen and oxygen atoms in total. The molecular formula is C5H9N3. The number of hydrogen-bond acceptors (Lipinski definition) is 3. The predicted molar refractivity (Wildman–Crippen MR) is 35.1 cm³/mol. The van der Waals surface area contributed by atoms with Crippen LogP contribution in [0.4, 0.5) is 0 Å². The molecule has 8 heavy (non-hydrogen) atoms. The van der Waals surface area contributed by atoms with Gasteiger partial charge in [-0.15, -0.1) is 0 Å². The van der Waals surface area contributed by atoms with Gasteiger partial charge in [0, 0.05) is 12.4 Å². The summed E-state index contributed by atoms with van der Waals surface area (Å²) in [5.74, 6) is 0.246. The third kappa shape index (κ3) is 4.75. The Morgan fingerprint density at radius 2 is 2.12 bits per heavy atom. The molecule has 0 aliphatic rings. The summed E-state index contributed by atoms with van der Waals surface area (Å²) in [6.45, 7) is 3.35. The zero-order valence-corrected chi connectivity index (χ0v) is 4.54. The van der Waals surface area contributed by atoms with Crippen molar-refractivity contribution in [2.45, 2.75) is 0 Å². The Bertz CT molecular complexity index is 120. The monoisotopic (exact) mass is 111 g/mol. The summed E-state index contributed by atoms with van der Waals surface area (Å²) in [5.41, 5.74) is 10.1. The molecule has 0 aromatic heterocycles.